The van der Waals surface area contributed by atoms with Crippen LogP contribution >= 0.6 is 11.6 Å². The number of amides is 1. The molecule has 0 spiro atoms. The fraction of sp³-hybridized carbons (Fsp3) is 0.188. The van der Waals surface area contributed by atoms with E-state index in [1.807, 2.05) is 0 Å². The molecule has 7 nitrogen and oxygen atoms in total. The van der Waals surface area contributed by atoms with Crippen molar-refractivity contribution in [3.63, 3.8) is 0 Å². The molecule has 9 heteroatoms. The highest BCUT2D eigenvalue weighted by atomic mass is 35.5. The van der Waals surface area contributed by atoms with Gasteiger partial charge in [0.25, 0.3) is 5.91 Å². The number of ether oxygens (including phenoxy) is 1. The van der Waals surface area contributed by atoms with Gasteiger partial charge in [-0.25, -0.2) is 9.18 Å². The van der Waals surface area contributed by atoms with Crippen molar-refractivity contribution in [3.05, 3.63) is 69.5 Å². The molecule has 2 N–H and O–H groups in total. The van der Waals surface area contributed by atoms with Crippen molar-refractivity contribution in [3.8, 4) is 0 Å². The summed E-state index contributed by atoms with van der Waals surface area (Å²) in [6.07, 6.45) is 2.53. The number of anilines is 1. The van der Waals surface area contributed by atoms with E-state index in [1.54, 1.807) is 6.08 Å². The lowest BCUT2D eigenvalue weighted by Crippen LogP contribution is -2.30. The summed E-state index contributed by atoms with van der Waals surface area (Å²) in [4.78, 5) is 27.7. The summed E-state index contributed by atoms with van der Waals surface area (Å²) in [6.45, 7) is -0.257. The fourth-order valence-electron chi connectivity index (χ4n) is 2.25. The van der Waals surface area contributed by atoms with Crippen molar-refractivity contribution in [2.24, 2.45) is 0 Å². The first-order chi connectivity index (χ1) is 12.0. The van der Waals surface area contributed by atoms with Gasteiger partial charge in [0.05, 0.1) is 12.8 Å². The first-order valence-electron chi connectivity index (χ1n) is 7.28. The van der Waals surface area contributed by atoms with Crippen LogP contribution in [0.1, 0.15) is 16.6 Å². The minimum absolute atomic E-state index is 0.239. The van der Waals surface area contributed by atoms with E-state index in [2.05, 4.69) is 10.3 Å². The maximum atomic E-state index is 14.2. The smallest absolute Gasteiger partial charge is 0.352 e. The molecule has 0 saturated carbocycles. The van der Waals surface area contributed by atoms with E-state index in [9.17, 15) is 14.0 Å². The number of nitrogens with one attached hydrogen (secondary N) is 1. The molecular formula is C16H13ClFN3O4. The topological polar surface area (TPSA) is 93.5 Å². The highest BCUT2D eigenvalue weighted by molar-refractivity contribution is 6.30. The molecule has 3 rings (SSSR count). The predicted octanol–water partition coefficient (Wildman–Crippen LogP) is 1.73. The lowest BCUT2D eigenvalue weighted by Gasteiger charge is -2.15. The molecule has 1 aromatic carbocycles. The van der Waals surface area contributed by atoms with Gasteiger partial charge in [0.15, 0.2) is 17.9 Å². The van der Waals surface area contributed by atoms with E-state index in [0.29, 0.717) is 5.02 Å². The van der Waals surface area contributed by atoms with Crippen LogP contribution in [0.4, 0.5) is 10.2 Å². The van der Waals surface area contributed by atoms with Gasteiger partial charge in [-0.05, 0) is 30.3 Å². The fourth-order valence-corrected chi connectivity index (χ4v) is 2.37. The number of aliphatic hydroxyl groups is 1. The molecule has 25 heavy (non-hydrogen) atoms. The van der Waals surface area contributed by atoms with Crippen LogP contribution in [0.3, 0.4) is 0 Å². The number of halogens is 2. The average molecular weight is 366 g/mol. The first kappa shape index (κ1) is 17.3. The van der Waals surface area contributed by atoms with Crippen molar-refractivity contribution >= 4 is 23.3 Å². The second kappa shape index (κ2) is 7.14. The number of hydrogen-bond acceptors (Lipinski definition) is 5. The zero-order chi connectivity index (χ0) is 18.0. The molecule has 1 aromatic heterocycles. The molecule has 0 saturated heterocycles. The van der Waals surface area contributed by atoms with E-state index in [-0.39, 0.29) is 12.2 Å². The molecule has 1 aliphatic heterocycles. The number of carbonyl (C=O) groups excluding carboxylic acids is 1. The molecule has 0 fully saturated rings. The summed E-state index contributed by atoms with van der Waals surface area (Å²) >= 11 is 5.74. The van der Waals surface area contributed by atoms with E-state index in [0.717, 1.165) is 10.8 Å². The van der Waals surface area contributed by atoms with Crippen LogP contribution in [0.2, 0.25) is 5.02 Å². The van der Waals surface area contributed by atoms with Crippen molar-refractivity contribution < 1.29 is 19.0 Å². The highest BCUT2D eigenvalue weighted by Gasteiger charge is 2.23. The number of aliphatic hydroxyl groups excluding tert-OH is 1. The first-order valence-corrected chi connectivity index (χ1v) is 7.66. The number of nitrogens with zero attached hydrogens (tertiary/aromatic N) is 2. The number of aromatic nitrogens is 2. The molecule has 2 atom stereocenters. The van der Waals surface area contributed by atoms with Crippen LogP contribution < -0.4 is 11.0 Å². The van der Waals surface area contributed by atoms with Gasteiger partial charge >= 0.3 is 5.69 Å². The molecule has 0 unspecified atom stereocenters. The third kappa shape index (κ3) is 3.76. The molecule has 130 valence electrons. The van der Waals surface area contributed by atoms with E-state index >= 15 is 0 Å². The Morgan fingerprint density at radius 3 is 2.72 bits per heavy atom. The van der Waals surface area contributed by atoms with E-state index < -0.39 is 35.6 Å². The summed E-state index contributed by atoms with van der Waals surface area (Å²) in [7, 11) is 0. The summed E-state index contributed by atoms with van der Waals surface area (Å²) in [6, 6.07) is 5.95. The van der Waals surface area contributed by atoms with Crippen LogP contribution in [0, 0.1) is 5.82 Å². The highest BCUT2D eigenvalue weighted by Crippen LogP contribution is 2.20. The Morgan fingerprint density at radius 1 is 1.36 bits per heavy atom. The van der Waals surface area contributed by atoms with Gasteiger partial charge in [-0.3, -0.25) is 9.36 Å². The van der Waals surface area contributed by atoms with Crippen LogP contribution in [-0.4, -0.2) is 33.3 Å². The average Bonchev–Trinajstić information content (AvgIpc) is 3.07. The van der Waals surface area contributed by atoms with Gasteiger partial charge in [-0.1, -0.05) is 17.7 Å². The monoisotopic (exact) mass is 365 g/mol. The molecule has 1 aliphatic rings. The van der Waals surface area contributed by atoms with Gasteiger partial charge in [-0.15, -0.1) is 0 Å². The standard InChI is InChI=1S/C16H13ClFN3O4/c17-10-3-1-9(2-4-10)15(23)19-14-12(18)7-21(16(24)20-14)13-6-5-11(8-22)25-13/h1-7,11,13,22H,8H2,(H,19,20,23,24)/t11-,13+/m0/s1. The Bertz CT molecular complexity index is 882. The van der Waals surface area contributed by atoms with Gasteiger partial charge in [0, 0.05) is 10.6 Å². The van der Waals surface area contributed by atoms with Gasteiger partial charge in [0.1, 0.15) is 6.10 Å². The molecular weight excluding hydrogens is 353 g/mol. The molecule has 0 radical (unpaired) electrons. The molecule has 2 heterocycles. The SMILES string of the molecule is O=C(Nc1nc(=O)n([C@H]2C=C[C@@H](CO)O2)cc1F)c1ccc(Cl)cc1. The number of benzene rings is 1. The Kier molecular flexibility index (Phi) is 4.93. The minimum atomic E-state index is -0.897. The van der Waals surface area contributed by atoms with E-state index in [1.165, 1.54) is 30.3 Å². The second-order valence-corrected chi connectivity index (χ2v) is 5.66. The lowest BCUT2D eigenvalue weighted by atomic mass is 10.2. The van der Waals surface area contributed by atoms with Crippen molar-refractivity contribution in [1.82, 2.24) is 9.55 Å². The lowest BCUT2D eigenvalue weighted by molar-refractivity contribution is -0.0106. The summed E-state index contributed by atoms with van der Waals surface area (Å²) in [5.74, 6) is -2.01. The summed E-state index contributed by atoms with van der Waals surface area (Å²) in [5.41, 5.74) is -0.566. The van der Waals surface area contributed by atoms with Gasteiger partial charge in [0.2, 0.25) is 0 Å². The largest absolute Gasteiger partial charge is 0.393 e. The third-order valence-electron chi connectivity index (χ3n) is 3.50. The molecule has 2 aromatic rings. The van der Waals surface area contributed by atoms with E-state index in [4.69, 9.17) is 21.4 Å². The van der Waals surface area contributed by atoms with Crippen molar-refractivity contribution in [2.45, 2.75) is 12.3 Å². The van der Waals surface area contributed by atoms with Crippen LogP contribution in [-0.2, 0) is 4.74 Å². The maximum Gasteiger partial charge on any atom is 0.352 e. The Balaban J connectivity index is 1.81. The van der Waals surface area contributed by atoms with Crippen molar-refractivity contribution in [2.75, 3.05) is 11.9 Å². The van der Waals surface area contributed by atoms with Crippen LogP contribution in [0.5, 0.6) is 0 Å². The second-order valence-electron chi connectivity index (χ2n) is 5.22. The van der Waals surface area contributed by atoms with Crippen LogP contribution in [0.15, 0.2) is 47.4 Å². The summed E-state index contributed by atoms with van der Waals surface area (Å²) in [5, 5.41) is 11.7. The quantitative estimate of drug-likeness (QED) is 0.805. The minimum Gasteiger partial charge on any atom is -0.393 e. The summed E-state index contributed by atoms with van der Waals surface area (Å²) < 4.78 is 20.5. The normalized spacial score (nSPS) is 19.2. The Hall–Kier alpha value is -2.55. The Labute approximate surface area is 146 Å². The Morgan fingerprint density at radius 2 is 2.08 bits per heavy atom. The maximum absolute atomic E-state index is 14.2. The van der Waals surface area contributed by atoms with Gasteiger partial charge < -0.3 is 15.2 Å². The zero-order valence-corrected chi connectivity index (χ0v) is 13.5. The number of carbonyl (C=O) groups is 1. The van der Waals surface area contributed by atoms with Gasteiger partial charge in [-0.2, -0.15) is 4.98 Å². The van der Waals surface area contributed by atoms with Crippen molar-refractivity contribution in [1.29, 1.82) is 0 Å². The zero-order valence-electron chi connectivity index (χ0n) is 12.7. The molecule has 0 aliphatic carbocycles. The van der Waals surface area contributed by atoms with Crippen LogP contribution in [0.25, 0.3) is 0 Å². The number of hydrogen-bond donors (Lipinski definition) is 2. The predicted molar refractivity (Wildman–Crippen MR) is 88.0 cm³/mol. The third-order valence-corrected chi connectivity index (χ3v) is 3.76. The number of rotatable bonds is 4. The molecule has 1 amide bonds. The molecule has 0 bridgehead atoms.